The van der Waals surface area contributed by atoms with Gasteiger partial charge in [-0.15, -0.1) is 0 Å². The molecule has 1 aliphatic carbocycles. The Morgan fingerprint density at radius 1 is 0.844 bits per heavy atom. The van der Waals surface area contributed by atoms with E-state index in [-0.39, 0.29) is 30.3 Å². The molecule has 1 fully saturated rings. The molecule has 0 N–H and O–H groups in total. The maximum Gasteiger partial charge on any atom is 0.143 e. The summed E-state index contributed by atoms with van der Waals surface area (Å²) in [7, 11) is 0. The monoisotopic (exact) mass is 444 g/mol. The van der Waals surface area contributed by atoms with E-state index < -0.39 is 5.41 Å². The summed E-state index contributed by atoms with van der Waals surface area (Å²) >= 11 is 6.75. The maximum absolute atomic E-state index is 13.5. The predicted molar refractivity (Wildman–Crippen MR) is 130 cm³/mol. The highest BCUT2D eigenvalue weighted by atomic mass is 35.5. The topological polar surface area (TPSA) is 34.1 Å². The van der Waals surface area contributed by atoms with Gasteiger partial charge in [-0.2, -0.15) is 0 Å². The highest BCUT2D eigenvalue weighted by Crippen LogP contribution is 2.45. The first-order chi connectivity index (χ1) is 15.5. The molecular weight excluding hydrogens is 416 g/mol. The van der Waals surface area contributed by atoms with Crippen molar-refractivity contribution in [3.05, 3.63) is 106 Å². The molecule has 3 heteroatoms. The Hall–Kier alpha value is -2.71. The van der Waals surface area contributed by atoms with Gasteiger partial charge in [0.25, 0.3) is 0 Å². The molecular formula is C29H29ClO2. The van der Waals surface area contributed by atoms with Crippen molar-refractivity contribution in [2.24, 2.45) is 5.92 Å². The quantitative estimate of drug-likeness (QED) is 0.274. The molecule has 3 aromatic carbocycles. The van der Waals surface area contributed by atoms with Gasteiger partial charge in [0.05, 0.1) is 11.8 Å². The lowest BCUT2D eigenvalue weighted by molar-refractivity contribution is -0.129. The Kier molecular flexibility index (Phi) is 6.91. The summed E-state index contributed by atoms with van der Waals surface area (Å²) in [5, 5.41) is 0.617. The van der Waals surface area contributed by atoms with Crippen molar-refractivity contribution in [1.82, 2.24) is 0 Å². The minimum atomic E-state index is -0.764. The zero-order valence-electron chi connectivity index (χ0n) is 18.5. The molecule has 164 valence electrons. The fourth-order valence-electron chi connectivity index (χ4n) is 5.09. The van der Waals surface area contributed by atoms with Crippen LogP contribution in [0.4, 0.5) is 0 Å². The van der Waals surface area contributed by atoms with Crippen molar-refractivity contribution in [2.45, 2.75) is 50.9 Å². The molecule has 1 unspecified atom stereocenters. The molecule has 1 atom stereocenters. The SMILES string of the molecule is Cc1ccc(C(CC(=O)CC(=O)C2CCCC2)(c2ccccc2)c2ccccc2Cl)cc1. The van der Waals surface area contributed by atoms with Gasteiger partial charge in [0.1, 0.15) is 11.6 Å². The first-order valence-electron chi connectivity index (χ1n) is 11.4. The molecule has 0 aliphatic heterocycles. The van der Waals surface area contributed by atoms with Crippen LogP contribution in [-0.4, -0.2) is 11.6 Å². The van der Waals surface area contributed by atoms with Crippen LogP contribution in [0.1, 0.15) is 60.8 Å². The molecule has 1 aliphatic rings. The molecule has 0 amide bonds. The van der Waals surface area contributed by atoms with E-state index in [0.717, 1.165) is 47.9 Å². The minimum Gasteiger partial charge on any atom is -0.299 e. The van der Waals surface area contributed by atoms with Gasteiger partial charge in [0.2, 0.25) is 0 Å². The lowest BCUT2D eigenvalue weighted by atomic mass is 9.66. The molecule has 4 rings (SSSR count). The number of hydrogen-bond donors (Lipinski definition) is 0. The highest BCUT2D eigenvalue weighted by molar-refractivity contribution is 6.31. The third-order valence-electron chi connectivity index (χ3n) is 6.79. The molecule has 0 aromatic heterocycles. The first-order valence-corrected chi connectivity index (χ1v) is 11.8. The number of benzene rings is 3. The average Bonchev–Trinajstić information content (AvgIpc) is 3.34. The van der Waals surface area contributed by atoms with Gasteiger partial charge in [-0.05, 0) is 42.5 Å². The van der Waals surface area contributed by atoms with E-state index in [4.69, 9.17) is 11.6 Å². The Balaban J connectivity index is 1.82. The molecule has 2 nitrogen and oxygen atoms in total. The normalized spacial score (nSPS) is 15.9. The van der Waals surface area contributed by atoms with Crippen LogP contribution < -0.4 is 0 Å². The number of carbonyl (C=O) groups excluding carboxylic acids is 2. The van der Waals surface area contributed by atoms with Gasteiger partial charge in [0, 0.05) is 17.4 Å². The molecule has 0 radical (unpaired) electrons. The van der Waals surface area contributed by atoms with Crippen LogP contribution in [0.2, 0.25) is 5.02 Å². The molecule has 3 aromatic rings. The summed E-state index contributed by atoms with van der Waals surface area (Å²) in [6.45, 7) is 2.05. The molecule has 32 heavy (non-hydrogen) atoms. The van der Waals surface area contributed by atoms with E-state index in [0.29, 0.717) is 5.02 Å². The zero-order chi connectivity index (χ0) is 22.6. The lowest BCUT2D eigenvalue weighted by Gasteiger charge is -2.36. The highest BCUT2D eigenvalue weighted by Gasteiger charge is 2.40. The zero-order valence-corrected chi connectivity index (χ0v) is 19.3. The number of hydrogen-bond acceptors (Lipinski definition) is 2. The van der Waals surface area contributed by atoms with E-state index in [2.05, 4.69) is 43.3 Å². The second-order valence-corrected chi connectivity index (χ2v) is 9.36. The Morgan fingerprint density at radius 3 is 2.09 bits per heavy atom. The molecule has 0 heterocycles. The van der Waals surface area contributed by atoms with Gasteiger partial charge in [-0.3, -0.25) is 9.59 Å². The summed E-state index contributed by atoms with van der Waals surface area (Å²) < 4.78 is 0. The third-order valence-corrected chi connectivity index (χ3v) is 7.12. The summed E-state index contributed by atoms with van der Waals surface area (Å²) in [5.41, 5.74) is 3.28. The van der Waals surface area contributed by atoms with E-state index in [1.807, 2.05) is 42.5 Å². The minimum absolute atomic E-state index is 0.00440. The molecule has 0 saturated heterocycles. The van der Waals surface area contributed by atoms with Gasteiger partial charge in [-0.25, -0.2) is 0 Å². The van der Waals surface area contributed by atoms with Crippen LogP contribution in [0.5, 0.6) is 0 Å². The number of halogens is 1. The van der Waals surface area contributed by atoms with Gasteiger partial charge in [0.15, 0.2) is 0 Å². The maximum atomic E-state index is 13.5. The standard InChI is InChI=1S/C29H29ClO2/c1-21-15-17-24(18-16-21)29(23-11-3-2-4-12-23,26-13-7-8-14-27(26)30)20-25(31)19-28(32)22-9-5-6-10-22/h2-4,7-8,11-18,22H,5-6,9-10,19-20H2,1H3. The van der Waals surface area contributed by atoms with Crippen molar-refractivity contribution in [1.29, 1.82) is 0 Å². The fourth-order valence-corrected chi connectivity index (χ4v) is 5.39. The van der Waals surface area contributed by atoms with Crippen molar-refractivity contribution in [3.63, 3.8) is 0 Å². The van der Waals surface area contributed by atoms with Crippen molar-refractivity contribution in [3.8, 4) is 0 Å². The van der Waals surface area contributed by atoms with Crippen molar-refractivity contribution < 1.29 is 9.59 Å². The number of ketones is 2. The Labute approximate surface area is 195 Å². The third kappa shape index (κ3) is 4.56. The number of carbonyl (C=O) groups is 2. The van der Waals surface area contributed by atoms with Crippen LogP contribution >= 0.6 is 11.6 Å². The second kappa shape index (κ2) is 9.83. The fraction of sp³-hybridized carbons (Fsp3) is 0.310. The number of rotatable bonds is 8. The first kappa shape index (κ1) is 22.5. The predicted octanol–water partition coefficient (Wildman–Crippen LogP) is 7.09. The van der Waals surface area contributed by atoms with E-state index in [1.165, 1.54) is 0 Å². The van der Waals surface area contributed by atoms with Crippen LogP contribution in [0.25, 0.3) is 0 Å². The second-order valence-electron chi connectivity index (χ2n) is 8.96. The smallest absolute Gasteiger partial charge is 0.143 e. The van der Waals surface area contributed by atoms with E-state index in [1.54, 1.807) is 0 Å². The van der Waals surface area contributed by atoms with Gasteiger partial charge < -0.3 is 0 Å². The summed E-state index contributed by atoms with van der Waals surface area (Å²) in [6.07, 6.45) is 4.19. The summed E-state index contributed by atoms with van der Waals surface area (Å²) in [5.74, 6) is 0.105. The van der Waals surface area contributed by atoms with Crippen LogP contribution in [0.15, 0.2) is 78.9 Å². The molecule has 0 spiro atoms. The van der Waals surface area contributed by atoms with Gasteiger partial charge >= 0.3 is 0 Å². The number of Topliss-reactive ketones (excluding diaryl/α,β-unsaturated/α-hetero) is 2. The van der Waals surface area contributed by atoms with Gasteiger partial charge in [-0.1, -0.05) is 103 Å². The van der Waals surface area contributed by atoms with E-state index in [9.17, 15) is 9.59 Å². The van der Waals surface area contributed by atoms with Crippen LogP contribution in [-0.2, 0) is 15.0 Å². The Bertz CT molecular complexity index is 1080. The van der Waals surface area contributed by atoms with E-state index >= 15 is 0 Å². The summed E-state index contributed by atoms with van der Waals surface area (Å²) in [6, 6.07) is 26.1. The average molecular weight is 445 g/mol. The Morgan fingerprint density at radius 2 is 1.44 bits per heavy atom. The molecule has 1 saturated carbocycles. The van der Waals surface area contributed by atoms with Crippen LogP contribution in [0, 0.1) is 12.8 Å². The van der Waals surface area contributed by atoms with Crippen LogP contribution in [0.3, 0.4) is 0 Å². The number of aryl methyl sites for hydroxylation is 1. The molecule has 0 bridgehead atoms. The van der Waals surface area contributed by atoms with Crippen molar-refractivity contribution in [2.75, 3.05) is 0 Å². The summed E-state index contributed by atoms with van der Waals surface area (Å²) in [4.78, 5) is 26.3. The lowest BCUT2D eigenvalue weighted by Crippen LogP contribution is -2.33. The van der Waals surface area contributed by atoms with Crippen molar-refractivity contribution >= 4 is 23.2 Å². The largest absolute Gasteiger partial charge is 0.299 e.